The number of pyridine rings is 1. The number of nitrogens with one attached hydrogen (secondary N) is 1. The molecule has 36 heavy (non-hydrogen) atoms. The molecule has 2 N–H and O–H groups in total. The van der Waals surface area contributed by atoms with E-state index in [1.807, 2.05) is 24.3 Å². The molecule has 2 atom stereocenters. The van der Waals surface area contributed by atoms with Crippen LogP contribution in [0.2, 0.25) is 0 Å². The van der Waals surface area contributed by atoms with E-state index >= 15 is 0 Å². The molecule has 2 unspecified atom stereocenters. The smallest absolute Gasteiger partial charge is 0.271 e. The highest BCUT2D eigenvalue weighted by atomic mass is 32.2. The van der Waals surface area contributed by atoms with Crippen LogP contribution in [-0.2, 0) is 22.5 Å². The van der Waals surface area contributed by atoms with Crippen LogP contribution in [0.4, 0.5) is 5.69 Å². The minimum Gasteiger partial charge on any atom is -0.616 e. The van der Waals surface area contributed by atoms with Crippen LogP contribution in [0.3, 0.4) is 0 Å². The minimum atomic E-state index is -1.52. The van der Waals surface area contributed by atoms with E-state index in [1.54, 1.807) is 41.4 Å². The van der Waals surface area contributed by atoms with E-state index in [-0.39, 0.29) is 13.2 Å². The first-order valence-electron chi connectivity index (χ1n) is 11.8. The number of nitrogens with zero attached hydrogens (tertiary/aromatic N) is 4. The predicted octanol–water partition coefficient (Wildman–Crippen LogP) is 2.02. The van der Waals surface area contributed by atoms with Crippen molar-refractivity contribution >= 4 is 55.9 Å². The van der Waals surface area contributed by atoms with E-state index in [4.69, 9.17) is 9.73 Å². The van der Waals surface area contributed by atoms with Gasteiger partial charge >= 0.3 is 0 Å². The molecule has 4 heterocycles. The molecule has 9 nitrogen and oxygen atoms in total. The first-order chi connectivity index (χ1) is 17.5. The van der Waals surface area contributed by atoms with Crippen LogP contribution < -0.4 is 9.04 Å². The summed E-state index contributed by atoms with van der Waals surface area (Å²) < 4.78 is 32.3. The maximum absolute atomic E-state index is 13.3. The second-order valence-electron chi connectivity index (χ2n) is 8.61. The molecule has 192 valence electrons. The number of H-pyrrole nitrogens is 1. The average molecular weight is 548 g/mol. The molecule has 0 aliphatic carbocycles. The zero-order valence-corrected chi connectivity index (χ0v) is 22.4. The van der Waals surface area contributed by atoms with Crippen LogP contribution in [0.15, 0.2) is 52.6 Å². The van der Waals surface area contributed by atoms with Crippen LogP contribution >= 0.6 is 11.8 Å². The predicted molar refractivity (Wildman–Crippen MR) is 147 cm³/mol. The second kappa shape index (κ2) is 11.6. The Morgan fingerprint density at radius 1 is 1.31 bits per heavy atom. The Kier molecular flexibility index (Phi) is 8.31. The molecule has 1 fully saturated rings. The van der Waals surface area contributed by atoms with Crippen molar-refractivity contribution in [1.82, 2.24) is 14.9 Å². The van der Waals surface area contributed by atoms with Gasteiger partial charge in [-0.1, -0.05) is 29.0 Å². The van der Waals surface area contributed by atoms with Gasteiger partial charge in [0.15, 0.2) is 0 Å². The van der Waals surface area contributed by atoms with Crippen molar-refractivity contribution in [2.75, 3.05) is 62.3 Å². The molecular formula is C24H29N5O4S3. The van der Waals surface area contributed by atoms with Crippen molar-refractivity contribution in [3.63, 3.8) is 0 Å². The summed E-state index contributed by atoms with van der Waals surface area (Å²) in [6, 6.07) is 11.1. The molecule has 0 spiro atoms. The average Bonchev–Trinajstić information content (AvgIpc) is 3.55. The van der Waals surface area contributed by atoms with Gasteiger partial charge < -0.3 is 23.9 Å². The largest absolute Gasteiger partial charge is 0.616 e. The Morgan fingerprint density at radius 3 is 2.89 bits per heavy atom. The highest BCUT2D eigenvalue weighted by Crippen LogP contribution is 2.36. The van der Waals surface area contributed by atoms with Gasteiger partial charge in [0, 0.05) is 48.6 Å². The van der Waals surface area contributed by atoms with Gasteiger partial charge in [0.05, 0.1) is 31.4 Å². The molecular weight excluding hydrogens is 518 g/mol. The number of thioether (sulfide) groups is 1. The summed E-state index contributed by atoms with van der Waals surface area (Å²) in [4.78, 5) is 14.9. The third kappa shape index (κ3) is 5.80. The number of aliphatic imine (C=N–C) groups is 1. The summed E-state index contributed by atoms with van der Waals surface area (Å²) in [6.07, 6.45) is 1.62. The number of benzene rings is 1. The van der Waals surface area contributed by atoms with E-state index in [0.717, 1.165) is 59.3 Å². The Morgan fingerprint density at radius 2 is 2.14 bits per heavy atom. The number of rotatable bonds is 9. The molecule has 3 aromatic rings. The maximum Gasteiger partial charge on any atom is 0.271 e. The highest BCUT2D eigenvalue weighted by Gasteiger charge is 2.28. The molecule has 0 radical (unpaired) electrons. The number of aromatic amines is 1. The summed E-state index contributed by atoms with van der Waals surface area (Å²) >= 11 is -0.430. The molecule has 2 aliphatic heterocycles. The second-order valence-corrected chi connectivity index (χ2v) is 13.1. The van der Waals surface area contributed by atoms with Gasteiger partial charge in [-0.2, -0.15) is 4.31 Å². The summed E-state index contributed by atoms with van der Waals surface area (Å²) in [5.74, 6) is 2.09. The summed E-state index contributed by atoms with van der Waals surface area (Å²) in [6.45, 7) is 3.52. The molecule has 2 aromatic heterocycles. The number of hydrogen-bond donors (Lipinski definition) is 2. The van der Waals surface area contributed by atoms with Crippen LogP contribution in [-0.4, -0.2) is 97.3 Å². The van der Waals surface area contributed by atoms with Crippen LogP contribution in [0.25, 0.3) is 10.9 Å². The van der Waals surface area contributed by atoms with Gasteiger partial charge in [-0.15, -0.1) is 0 Å². The third-order valence-corrected chi connectivity index (χ3v) is 9.90. The molecule has 5 rings (SSSR count). The van der Waals surface area contributed by atoms with Crippen molar-refractivity contribution in [3.8, 4) is 5.75 Å². The summed E-state index contributed by atoms with van der Waals surface area (Å²) in [7, 11) is 1.76. The van der Waals surface area contributed by atoms with Crippen molar-refractivity contribution < 1.29 is 18.9 Å². The number of aliphatic hydroxyl groups excluding tert-OH is 1. The Hall–Kier alpha value is -1.93. The number of ether oxygens (including phenoxy) is 1. The van der Waals surface area contributed by atoms with Crippen LogP contribution in [0.5, 0.6) is 5.75 Å². The topological polar surface area (TPSA) is 123 Å². The lowest BCUT2D eigenvalue weighted by Gasteiger charge is -2.29. The highest BCUT2D eigenvalue weighted by molar-refractivity contribution is 8.15. The Labute approximate surface area is 220 Å². The van der Waals surface area contributed by atoms with Crippen LogP contribution in [0, 0.1) is 0 Å². The molecule has 1 aromatic carbocycles. The fourth-order valence-corrected chi connectivity index (χ4v) is 7.51. The fourth-order valence-electron chi connectivity index (χ4n) is 4.30. The standard InChI is InChI=1S/C24H29N5O4S3/c1-28(36(32)22-4-2-3-5-25-22)21-14-18(33-9-8-30)12-17-13-20(27-23(17)21)24-26-15-19(34-24)16-29-6-10-35(31)11-7-29/h2-5,12-14,19,27,30H,6-11,15-16H2,1H3. The maximum atomic E-state index is 13.3. The van der Waals surface area contributed by atoms with E-state index in [0.29, 0.717) is 21.7 Å². The SMILES string of the molecule is CN(c1cc(OCCO)cc2cc(C3=NCC(CN4CC[S+]([O-])CC4)S3)[nH]c12)[S+]([O-])c1ccccn1. The number of anilines is 1. The summed E-state index contributed by atoms with van der Waals surface area (Å²) in [5.41, 5.74) is 2.45. The third-order valence-electron chi connectivity index (χ3n) is 6.13. The summed E-state index contributed by atoms with van der Waals surface area (Å²) in [5, 5.41) is 11.9. The Bertz CT molecular complexity index is 1200. The van der Waals surface area contributed by atoms with Crippen molar-refractivity contribution in [2.45, 2.75) is 10.3 Å². The minimum absolute atomic E-state index is 0.0940. The molecule has 2 aliphatic rings. The lowest BCUT2D eigenvalue weighted by Crippen LogP contribution is -2.43. The van der Waals surface area contributed by atoms with Crippen molar-refractivity contribution in [1.29, 1.82) is 0 Å². The van der Waals surface area contributed by atoms with E-state index in [2.05, 4.69) is 14.9 Å². The van der Waals surface area contributed by atoms with Gasteiger partial charge in [-0.25, -0.2) is 4.98 Å². The van der Waals surface area contributed by atoms with Gasteiger partial charge in [0.25, 0.3) is 5.03 Å². The molecule has 0 bridgehead atoms. The van der Waals surface area contributed by atoms with E-state index < -0.39 is 22.5 Å². The van der Waals surface area contributed by atoms with Gasteiger partial charge in [0.2, 0.25) is 0 Å². The van der Waals surface area contributed by atoms with Crippen LogP contribution in [0.1, 0.15) is 5.69 Å². The molecule has 1 saturated heterocycles. The van der Waals surface area contributed by atoms with E-state index in [1.165, 1.54) is 0 Å². The lowest BCUT2D eigenvalue weighted by atomic mass is 10.2. The molecule has 12 heteroatoms. The number of aliphatic hydroxyl groups is 1. The number of hydrogen-bond acceptors (Lipinski definition) is 9. The normalized spacial score (nSPS) is 20.0. The van der Waals surface area contributed by atoms with Gasteiger partial charge in [-0.3, -0.25) is 9.89 Å². The number of aromatic nitrogens is 2. The quantitative estimate of drug-likeness (QED) is 0.390. The van der Waals surface area contributed by atoms with E-state index in [9.17, 15) is 14.2 Å². The Balaban J connectivity index is 1.38. The monoisotopic (exact) mass is 547 g/mol. The number of fused-ring (bicyclic) bond motifs is 1. The van der Waals surface area contributed by atoms with Crippen molar-refractivity contribution in [2.24, 2.45) is 4.99 Å². The fraction of sp³-hybridized carbons (Fsp3) is 0.417. The first-order valence-corrected chi connectivity index (χ1v) is 15.2. The first kappa shape index (κ1) is 25.7. The van der Waals surface area contributed by atoms with Crippen molar-refractivity contribution in [3.05, 3.63) is 48.3 Å². The van der Waals surface area contributed by atoms with Gasteiger partial charge in [-0.05, 0) is 18.2 Å². The lowest BCUT2D eigenvalue weighted by molar-refractivity contribution is 0.201. The molecule has 0 amide bonds. The zero-order chi connectivity index (χ0) is 25.1. The van der Waals surface area contributed by atoms with Gasteiger partial charge in [0.1, 0.15) is 46.0 Å². The zero-order valence-electron chi connectivity index (χ0n) is 20.0. The molecule has 0 saturated carbocycles.